The summed E-state index contributed by atoms with van der Waals surface area (Å²) in [5, 5.41) is 2.78. The van der Waals surface area contributed by atoms with Crippen LogP contribution in [-0.2, 0) is 4.79 Å². The van der Waals surface area contributed by atoms with Crippen LogP contribution in [0.3, 0.4) is 0 Å². The molecule has 136 valence electrons. The summed E-state index contributed by atoms with van der Waals surface area (Å²) in [5.74, 6) is -1.86. The van der Waals surface area contributed by atoms with E-state index in [1.807, 2.05) is 30.3 Å². The number of nitrogens with one attached hydrogen (secondary N) is 1. The summed E-state index contributed by atoms with van der Waals surface area (Å²) >= 11 is 0. The first kappa shape index (κ1) is 21.1. The first-order valence-electron chi connectivity index (χ1n) is 7.99. The van der Waals surface area contributed by atoms with Crippen LogP contribution < -0.4 is 11.1 Å². The van der Waals surface area contributed by atoms with Crippen molar-refractivity contribution in [3.63, 3.8) is 0 Å². The predicted octanol–water partition coefficient (Wildman–Crippen LogP) is 4.29. The molecule has 0 aliphatic heterocycles. The van der Waals surface area contributed by atoms with Gasteiger partial charge >= 0.3 is 0 Å². The lowest BCUT2D eigenvalue weighted by Crippen LogP contribution is -2.37. The second-order valence-corrected chi connectivity index (χ2v) is 5.86. The number of carbonyl (C=O) groups excluding carboxylic acids is 1. The minimum Gasteiger partial charge on any atom is -0.349 e. The van der Waals surface area contributed by atoms with Crippen LogP contribution in [0, 0.1) is 17.6 Å². The van der Waals surface area contributed by atoms with Crippen molar-refractivity contribution in [3.05, 3.63) is 71.3 Å². The number of hydrogen-bond acceptors (Lipinski definition) is 2. The molecular formula is C19H23ClF2N2O. The summed E-state index contributed by atoms with van der Waals surface area (Å²) in [6, 6.07) is 11.5. The molecule has 0 spiro atoms. The molecule has 3 nitrogen and oxygen atoms in total. The van der Waals surface area contributed by atoms with E-state index in [0.717, 1.165) is 23.8 Å². The second kappa shape index (κ2) is 9.49. The maximum Gasteiger partial charge on any atom is 0.225 e. The predicted molar refractivity (Wildman–Crippen MR) is 97.3 cm³/mol. The smallest absolute Gasteiger partial charge is 0.225 e. The molecular weight excluding hydrogens is 346 g/mol. The molecule has 2 aromatic rings. The lowest BCUT2D eigenvalue weighted by Gasteiger charge is -2.24. The van der Waals surface area contributed by atoms with Crippen LogP contribution in [0.5, 0.6) is 0 Å². The van der Waals surface area contributed by atoms with Crippen molar-refractivity contribution in [2.45, 2.75) is 32.4 Å². The quantitative estimate of drug-likeness (QED) is 0.799. The van der Waals surface area contributed by atoms with Crippen molar-refractivity contribution in [1.82, 2.24) is 5.32 Å². The van der Waals surface area contributed by atoms with E-state index in [2.05, 4.69) is 5.32 Å². The van der Waals surface area contributed by atoms with E-state index < -0.39 is 29.6 Å². The molecule has 0 fully saturated rings. The second-order valence-electron chi connectivity index (χ2n) is 5.86. The first-order valence-corrected chi connectivity index (χ1v) is 7.99. The number of carbonyl (C=O) groups is 1. The first-order chi connectivity index (χ1) is 11.4. The Morgan fingerprint density at radius 2 is 1.80 bits per heavy atom. The molecule has 2 aromatic carbocycles. The highest BCUT2D eigenvalue weighted by Crippen LogP contribution is 2.24. The third-order valence-corrected chi connectivity index (χ3v) is 4.19. The molecule has 0 saturated carbocycles. The zero-order valence-electron chi connectivity index (χ0n) is 14.2. The van der Waals surface area contributed by atoms with Gasteiger partial charge in [-0.15, -0.1) is 12.4 Å². The third kappa shape index (κ3) is 5.25. The average Bonchev–Trinajstić information content (AvgIpc) is 2.61. The lowest BCUT2D eigenvalue weighted by molar-refractivity contribution is -0.126. The van der Waals surface area contributed by atoms with Crippen LogP contribution in [-0.4, -0.2) is 5.91 Å². The van der Waals surface area contributed by atoms with Gasteiger partial charge in [-0.05, 0) is 30.2 Å². The summed E-state index contributed by atoms with van der Waals surface area (Å²) in [5.41, 5.74) is 7.15. The molecule has 3 atom stereocenters. The number of nitrogens with two attached hydrogens (primary N) is 1. The Hall–Kier alpha value is -1.98. The molecule has 0 radical (unpaired) electrons. The number of halogens is 3. The average molecular weight is 369 g/mol. The fourth-order valence-corrected chi connectivity index (χ4v) is 2.61. The molecule has 1 amide bonds. The molecule has 6 heteroatoms. The monoisotopic (exact) mass is 368 g/mol. The van der Waals surface area contributed by atoms with Gasteiger partial charge in [-0.1, -0.05) is 44.2 Å². The Kier molecular flexibility index (Phi) is 8.00. The Morgan fingerprint density at radius 3 is 2.40 bits per heavy atom. The van der Waals surface area contributed by atoms with E-state index in [0.29, 0.717) is 6.42 Å². The van der Waals surface area contributed by atoms with Crippen LogP contribution in [0.4, 0.5) is 8.78 Å². The van der Waals surface area contributed by atoms with Crippen molar-refractivity contribution < 1.29 is 13.6 Å². The van der Waals surface area contributed by atoms with Gasteiger partial charge in [0.25, 0.3) is 0 Å². The molecule has 2 rings (SSSR count). The maximum absolute atomic E-state index is 13.9. The number of rotatable bonds is 6. The highest BCUT2D eigenvalue weighted by molar-refractivity contribution is 5.85. The molecule has 0 aliphatic rings. The van der Waals surface area contributed by atoms with Crippen LogP contribution in [0.1, 0.15) is 43.5 Å². The molecule has 0 saturated heterocycles. The largest absolute Gasteiger partial charge is 0.349 e. The van der Waals surface area contributed by atoms with Crippen molar-refractivity contribution in [3.8, 4) is 0 Å². The Morgan fingerprint density at radius 1 is 1.16 bits per heavy atom. The summed E-state index contributed by atoms with van der Waals surface area (Å²) in [6.45, 7) is 3.53. The van der Waals surface area contributed by atoms with Gasteiger partial charge in [0, 0.05) is 11.6 Å². The van der Waals surface area contributed by atoms with Gasteiger partial charge in [0.2, 0.25) is 5.91 Å². The minimum atomic E-state index is -0.598. The Labute approximate surface area is 153 Å². The molecule has 0 heterocycles. The summed E-state index contributed by atoms with van der Waals surface area (Å²) < 4.78 is 27.3. The summed E-state index contributed by atoms with van der Waals surface area (Å²) in [6.07, 6.45) is 0.444. The van der Waals surface area contributed by atoms with Crippen LogP contribution >= 0.6 is 12.4 Å². The van der Waals surface area contributed by atoms with Gasteiger partial charge in [-0.3, -0.25) is 4.79 Å². The number of benzene rings is 2. The highest BCUT2D eigenvalue weighted by Gasteiger charge is 2.25. The van der Waals surface area contributed by atoms with Gasteiger partial charge in [0.05, 0.1) is 12.0 Å². The van der Waals surface area contributed by atoms with E-state index in [1.54, 1.807) is 13.8 Å². The van der Waals surface area contributed by atoms with E-state index in [9.17, 15) is 13.6 Å². The van der Waals surface area contributed by atoms with Crippen LogP contribution in [0.15, 0.2) is 48.5 Å². The van der Waals surface area contributed by atoms with Gasteiger partial charge in [0.1, 0.15) is 11.6 Å². The molecule has 25 heavy (non-hydrogen) atoms. The van der Waals surface area contributed by atoms with E-state index in [-0.39, 0.29) is 23.9 Å². The van der Waals surface area contributed by atoms with E-state index in [1.165, 1.54) is 0 Å². The van der Waals surface area contributed by atoms with Gasteiger partial charge < -0.3 is 11.1 Å². The lowest BCUT2D eigenvalue weighted by atomic mass is 9.93. The Balaban J connectivity index is 0.00000312. The molecule has 3 N–H and O–H groups in total. The zero-order chi connectivity index (χ0) is 17.7. The summed E-state index contributed by atoms with van der Waals surface area (Å²) in [7, 11) is 0. The van der Waals surface area contributed by atoms with E-state index in [4.69, 9.17) is 5.73 Å². The van der Waals surface area contributed by atoms with Crippen LogP contribution in [0.2, 0.25) is 0 Å². The van der Waals surface area contributed by atoms with Gasteiger partial charge in [0.15, 0.2) is 0 Å². The fourth-order valence-electron chi connectivity index (χ4n) is 2.61. The van der Waals surface area contributed by atoms with Crippen LogP contribution in [0.25, 0.3) is 0 Å². The Bertz CT molecular complexity index is 697. The topological polar surface area (TPSA) is 55.1 Å². The van der Waals surface area contributed by atoms with Crippen molar-refractivity contribution in [1.29, 1.82) is 0 Å². The SMILES string of the molecule is CCC(NC(=O)C(C)C(N)c1ccccc1)c1cc(F)ccc1F.Cl. The molecule has 0 aliphatic carbocycles. The van der Waals surface area contributed by atoms with Crippen molar-refractivity contribution in [2.75, 3.05) is 0 Å². The van der Waals surface area contributed by atoms with Gasteiger partial charge in [-0.25, -0.2) is 8.78 Å². The fraction of sp³-hybridized carbons (Fsp3) is 0.316. The molecule has 0 bridgehead atoms. The number of amides is 1. The van der Waals surface area contributed by atoms with Gasteiger partial charge in [-0.2, -0.15) is 0 Å². The normalized spacial score (nSPS) is 14.1. The number of hydrogen-bond donors (Lipinski definition) is 2. The standard InChI is InChI=1S/C19H22F2N2O.ClH/c1-3-17(15-11-14(20)9-10-16(15)21)23-19(24)12(2)18(22)13-7-5-4-6-8-13;/h4-12,17-18H,3,22H2,1-2H3,(H,23,24);1H. The van der Waals surface area contributed by atoms with Crippen molar-refractivity contribution >= 4 is 18.3 Å². The minimum absolute atomic E-state index is 0. The summed E-state index contributed by atoms with van der Waals surface area (Å²) in [4.78, 5) is 12.5. The highest BCUT2D eigenvalue weighted by atomic mass is 35.5. The van der Waals surface area contributed by atoms with Crippen molar-refractivity contribution in [2.24, 2.45) is 11.7 Å². The molecule has 3 unspecified atom stereocenters. The maximum atomic E-state index is 13.9. The van der Waals surface area contributed by atoms with E-state index >= 15 is 0 Å². The zero-order valence-corrected chi connectivity index (χ0v) is 15.0. The third-order valence-electron chi connectivity index (χ3n) is 4.19. The molecule has 0 aromatic heterocycles.